The van der Waals surface area contributed by atoms with E-state index in [2.05, 4.69) is 41.3 Å². The van der Waals surface area contributed by atoms with Crippen LogP contribution in [0, 0.1) is 17.2 Å². The molecule has 132 valence electrons. The van der Waals surface area contributed by atoms with Gasteiger partial charge in [-0.05, 0) is 18.4 Å². The molecule has 2 fully saturated rings. The average Bonchev–Trinajstić information content (AvgIpc) is 2.55. The Hall–Kier alpha value is 0.226. The third-order valence-electron chi connectivity index (χ3n) is 4.91. The average molecular weight is 369 g/mol. The number of nitriles is 1. The fourth-order valence-electron chi connectivity index (χ4n) is 3.15. The van der Waals surface area contributed by atoms with Crippen LogP contribution < -0.4 is 56.5 Å². The zero-order valence-electron chi connectivity index (χ0n) is 16.1. The molecule has 2 saturated heterocycles. The molecule has 4 nitrogen and oxygen atoms in total. The van der Waals surface area contributed by atoms with Crippen LogP contribution in [0.25, 0.3) is 0 Å². The van der Waals surface area contributed by atoms with E-state index >= 15 is 0 Å². The summed E-state index contributed by atoms with van der Waals surface area (Å²) in [5.41, 5.74) is 0.643. The van der Waals surface area contributed by atoms with Crippen molar-refractivity contribution in [1.29, 1.82) is 5.26 Å². The van der Waals surface area contributed by atoms with E-state index in [1.165, 1.54) is 5.56 Å². The van der Waals surface area contributed by atoms with Crippen LogP contribution in [0.15, 0.2) is 30.3 Å². The minimum Gasteiger partial charge on any atom is -0.850 e. The van der Waals surface area contributed by atoms with Gasteiger partial charge in [0.1, 0.15) is 0 Å². The quantitative estimate of drug-likeness (QED) is 0.689. The van der Waals surface area contributed by atoms with Crippen molar-refractivity contribution in [2.24, 2.45) is 5.92 Å². The Morgan fingerprint density at radius 3 is 2.16 bits per heavy atom. The van der Waals surface area contributed by atoms with Crippen molar-refractivity contribution >= 4 is 0 Å². The maximum atomic E-state index is 10.5. The van der Waals surface area contributed by atoms with Gasteiger partial charge in [-0.1, -0.05) is 57.5 Å². The van der Waals surface area contributed by atoms with Gasteiger partial charge in [0, 0.05) is 24.5 Å². The van der Waals surface area contributed by atoms with Gasteiger partial charge in [-0.2, -0.15) is 5.26 Å². The maximum absolute atomic E-state index is 10.5. The monoisotopic (exact) mass is 368 g/mol. The van der Waals surface area contributed by atoms with E-state index in [0.717, 1.165) is 32.6 Å². The third-order valence-corrected chi connectivity index (χ3v) is 4.91. The third kappa shape index (κ3) is 7.78. The summed E-state index contributed by atoms with van der Waals surface area (Å²) in [6.07, 6.45) is 2.63. The Labute approximate surface area is 195 Å². The van der Waals surface area contributed by atoms with Crippen molar-refractivity contribution in [3.63, 3.8) is 0 Å². The number of hydrogen-bond acceptors (Lipinski definition) is 4. The fourth-order valence-corrected chi connectivity index (χ4v) is 3.15. The van der Waals surface area contributed by atoms with Gasteiger partial charge >= 0.3 is 51.4 Å². The Bertz CT molecular complexity index is 525. The molecule has 2 aliphatic rings. The standard InChI is InChI=1S/C15H18N2O.C5H11O.K/c16-8-13-6-14-10-18-11-15(7-13)17(14)9-12-4-2-1-3-5-12;1-4-5(2,3)6;/h1-5,13-15H,6-7,9-11H2;4H2,1-3H3;/q;-1;+1. The first-order valence-corrected chi connectivity index (χ1v) is 8.90. The molecule has 2 atom stereocenters. The van der Waals surface area contributed by atoms with Crippen LogP contribution in [-0.2, 0) is 11.3 Å². The number of morpholine rings is 1. The van der Waals surface area contributed by atoms with Crippen molar-refractivity contribution in [1.82, 2.24) is 4.90 Å². The summed E-state index contributed by atoms with van der Waals surface area (Å²) in [4.78, 5) is 2.53. The van der Waals surface area contributed by atoms with Gasteiger partial charge in [0.15, 0.2) is 0 Å². The van der Waals surface area contributed by atoms with Crippen LogP contribution in [0.4, 0.5) is 0 Å². The summed E-state index contributed by atoms with van der Waals surface area (Å²) < 4.78 is 5.65. The molecule has 5 heteroatoms. The zero-order chi connectivity index (χ0) is 17.6. The topological polar surface area (TPSA) is 59.3 Å². The Morgan fingerprint density at radius 2 is 1.72 bits per heavy atom. The summed E-state index contributed by atoms with van der Waals surface area (Å²) in [6.45, 7) is 7.81. The molecule has 0 aliphatic carbocycles. The van der Waals surface area contributed by atoms with E-state index in [4.69, 9.17) is 10.00 Å². The number of hydrogen-bond donors (Lipinski definition) is 0. The number of ether oxygens (including phenoxy) is 1. The summed E-state index contributed by atoms with van der Waals surface area (Å²) >= 11 is 0. The van der Waals surface area contributed by atoms with Crippen molar-refractivity contribution in [3.8, 4) is 6.07 Å². The SMILES string of the molecule is CCC(C)(C)[O-].N#CC1CC2COCC(C1)N2Cc1ccccc1.[K+]. The van der Waals surface area contributed by atoms with E-state index in [-0.39, 0.29) is 57.3 Å². The largest absolute Gasteiger partial charge is 1.00 e. The Balaban J connectivity index is 0.000000390. The summed E-state index contributed by atoms with van der Waals surface area (Å²) in [5.74, 6) is 0.218. The van der Waals surface area contributed by atoms with Crippen LogP contribution in [-0.4, -0.2) is 35.8 Å². The molecular weight excluding hydrogens is 339 g/mol. The van der Waals surface area contributed by atoms with Gasteiger partial charge < -0.3 is 9.84 Å². The molecule has 2 unspecified atom stereocenters. The summed E-state index contributed by atoms with van der Waals surface area (Å²) in [7, 11) is 0. The van der Waals surface area contributed by atoms with Crippen molar-refractivity contribution < 1.29 is 61.2 Å². The molecule has 0 aromatic heterocycles. The molecule has 0 saturated carbocycles. The van der Waals surface area contributed by atoms with Crippen molar-refractivity contribution in [2.75, 3.05) is 13.2 Å². The van der Waals surface area contributed by atoms with Crippen LogP contribution in [0.2, 0.25) is 0 Å². The summed E-state index contributed by atoms with van der Waals surface area (Å²) in [6, 6.07) is 13.8. The molecule has 0 radical (unpaired) electrons. The predicted molar refractivity (Wildman–Crippen MR) is 93.1 cm³/mol. The van der Waals surface area contributed by atoms with Crippen LogP contribution in [0.5, 0.6) is 0 Å². The van der Waals surface area contributed by atoms with Gasteiger partial charge in [0.2, 0.25) is 0 Å². The minimum atomic E-state index is -0.708. The molecule has 2 bridgehead atoms. The first-order valence-electron chi connectivity index (χ1n) is 8.90. The van der Waals surface area contributed by atoms with E-state index in [1.807, 2.05) is 6.92 Å². The second kappa shape index (κ2) is 11.2. The molecule has 2 heterocycles. The predicted octanol–water partition coefficient (Wildman–Crippen LogP) is -0.271. The number of piperidine rings is 1. The molecule has 0 spiro atoms. The van der Waals surface area contributed by atoms with E-state index < -0.39 is 5.60 Å². The minimum absolute atomic E-state index is 0. The second-order valence-electron chi connectivity index (χ2n) is 7.41. The van der Waals surface area contributed by atoms with Gasteiger partial charge in [0.05, 0.1) is 19.3 Å². The van der Waals surface area contributed by atoms with Crippen LogP contribution in [0.3, 0.4) is 0 Å². The smallest absolute Gasteiger partial charge is 0.850 e. The van der Waals surface area contributed by atoms with E-state index in [0.29, 0.717) is 18.5 Å². The molecule has 0 amide bonds. The van der Waals surface area contributed by atoms with Gasteiger partial charge in [-0.25, -0.2) is 0 Å². The maximum Gasteiger partial charge on any atom is 1.00 e. The first-order chi connectivity index (χ1) is 11.4. The Kier molecular flexibility index (Phi) is 10.4. The van der Waals surface area contributed by atoms with Crippen LogP contribution in [0.1, 0.15) is 45.6 Å². The molecule has 0 N–H and O–H groups in total. The van der Waals surface area contributed by atoms with Gasteiger partial charge in [0.25, 0.3) is 0 Å². The number of nitrogens with zero attached hydrogens (tertiary/aromatic N) is 2. The molecule has 3 rings (SSSR count). The summed E-state index contributed by atoms with van der Waals surface area (Å²) in [5, 5.41) is 19.6. The molecule has 1 aromatic rings. The zero-order valence-corrected chi connectivity index (χ0v) is 19.2. The van der Waals surface area contributed by atoms with Crippen LogP contribution >= 0.6 is 0 Å². The molecular formula is C20H29KN2O2. The number of fused-ring (bicyclic) bond motifs is 2. The van der Waals surface area contributed by atoms with Gasteiger partial charge in [-0.3, -0.25) is 4.90 Å². The van der Waals surface area contributed by atoms with Crippen molar-refractivity contribution in [3.05, 3.63) is 35.9 Å². The Morgan fingerprint density at radius 1 is 1.20 bits per heavy atom. The van der Waals surface area contributed by atoms with E-state index in [1.54, 1.807) is 13.8 Å². The molecule has 25 heavy (non-hydrogen) atoms. The normalized spacial score (nSPS) is 25.8. The van der Waals surface area contributed by atoms with Gasteiger partial charge in [-0.15, -0.1) is 5.60 Å². The number of benzene rings is 1. The van der Waals surface area contributed by atoms with Crippen molar-refractivity contribution in [2.45, 2.75) is 64.3 Å². The van der Waals surface area contributed by atoms with E-state index in [9.17, 15) is 5.11 Å². The fraction of sp³-hybridized carbons (Fsp3) is 0.650. The second-order valence-corrected chi connectivity index (χ2v) is 7.41. The molecule has 2 aliphatic heterocycles. The number of rotatable bonds is 3. The first kappa shape index (κ1) is 23.3. The molecule has 1 aromatic carbocycles.